The lowest BCUT2D eigenvalue weighted by Crippen LogP contribution is -2.47. The number of carbonyl (C=O) groups excluding carboxylic acids is 2. The topological polar surface area (TPSA) is 108 Å². The quantitative estimate of drug-likeness (QED) is 0.783. The van der Waals surface area contributed by atoms with Crippen molar-refractivity contribution in [3.63, 3.8) is 0 Å². The van der Waals surface area contributed by atoms with Crippen molar-refractivity contribution >= 4 is 29.1 Å². The molecule has 2 heterocycles. The van der Waals surface area contributed by atoms with Crippen molar-refractivity contribution in [2.45, 2.75) is 37.8 Å². The standard InChI is InChI=1S/C21H20ClN5O3/c22-18-9-17(4-1-13(18)10-23)30-16-5-2-14(3-6-16)24-21(29)19-7-8-20(26-25-19)27-11-15(28)12-27/h1,4,7-9,14,16H,2-3,5-6,11-12H2,(H,24,29). The minimum Gasteiger partial charge on any atom is -0.490 e. The van der Waals surface area contributed by atoms with Gasteiger partial charge in [-0.25, -0.2) is 0 Å². The minimum atomic E-state index is -0.253. The molecule has 8 nitrogen and oxygen atoms in total. The highest BCUT2D eigenvalue weighted by atomic mass is 35.5. The third kappa shape index (κ3) is 4.52. The van der Waals surface area contributed by atoms with Crippen LogP contribution >= 0.6 is 11.6 Å². The summed E-state index contributed by atoms with van der Waals surface area (Å²) < 4.78 is 5.98. The first-order valence-corrected chi connectivity index (χ1v) is 10.2. The van der Waals surface area contributed by atoms with E-state index < -0.39 is 0 Å². The number of nitrogens with one attached hydrogen (secondary N) is 1. The Hall–Kier alpha value is -3.18. The number of hydrogen-bond donors (Lipinski definition) is 1. The van der Waals surface area contributed by atoms with E-state index in [9.17, 15) is 9.59 Å². The second-order valence-corrected chi connectivity index (χ2v) is 7.90. The molecular weight excluding hydrogens is 406 g/mol. The maximum Gasteiger partial charge on any atom is 0.272 e. The van der Waals surface area contributed by atoms with Crippen molar-refractivity contribution in [1.82, 2.24) is 15.5 Å². The Kier molecular flexibility index (Phi) is 5.81. The molecule has 30 heavy (non-hydrogen) atoms. The Balaban J connectivity index is 1.25. The number of hydrogen-bond acceptors (Lipinski definition) is 7. The van der Waals surface area contributed by atoms with Crippen LogP contribution in [-0.2, 0) is 4.79 Å². The van der Waals surface area contributed by atoms with Crippen LogP contribution in [0.4, 0.5) is 5.82 Å². The predicted molar refractivity (Wildman–Crippen MR) is 110 cm³/mol. The number of halogens is 1. The number of ether oxygens (including phenoxy) is 1. The molecule has 2 aliphatic rings. The Morgan fingerprint density at radius 2 is 1.93 bits per heavy atom. The zero-order chi connectivity index (χ0) is 21.1. The highest BCUT2D eigenvalue weighted by Crippen LogP contribution is 2.27. The molecule has 2 aromatic rings. The van der Waals surface area contributed by atoms with E-state index >= 15 is 0 Å². The molecule has 1 aromatic heterocycles. The first-order valence-electron chi connectivity index (χ1n) is 9.79. The normalized spacial score (nSPS) is 20.8. The number of nitrogens with zero attached hydrogens (tertiary/aromatic N) is 4. The molecule has 154 valence electrons. The summed E-state index contributed by atoms with van der Waals surface area (Å²) in [7, 11) is 0. The van der Waals surface area contributed by atoms with Gasteiger partial charge in [-0.05, 0) is 49.9 Å². The van der Waals surface area contributed by atoms with Gasteiger partial charge in [0.2, 0.25) is 0 Å². The van der Waals surface area contributed by atoms with Crippen molar-refractivity contribution in [3.8, 4) is 11.8 Å². The lowest BCUT2D eigenvalue weighted by molar-refractivity contribution is -0.119. The summed E-state index contributed by atoms with van der Waals surface area (Å²) in [4.78, 5) is 25.3. The van der Waals surface area contributed by atoms with E-state index in [0.717, 1.165) is 25.7 Å². The van der Waals surface area contributed by atoms with Gasteiger partial charge in [0, 0.05) is 12.1 Å². The van der Waals surface area contributed by atoms with Crippen LogP contribution in [0, 0.1) is 11.3 Å². The van der Waals surface area contributed by atoms with Crippen LogP contribution in [-0.4, -0.2) is 47.1 Å². The highest BCUT2D eigenvalue weighted by Gasteiger charge is 2.26. The Morgan fingerprint density at radius 1 is 1.17 bits per heavy atom. The van der Waals surface area contributed by atoms with Gasteiger partial charge in [-0.15, -0.1) is 10.2 Å². The summed E-state index contributed by atoms with van der Waals surface area (Å²) in [6, 6.07) is 10.5. The van der Waals surface area contributed by atoms with Crippen LogP contribution in [0.15, 0.2) is 30.3 Å². The molecule has 1 aliphatic heterocycles. The lowest BCUT2D eigenvalue weighted by Gasteiger charge is -2.30. The van der Waals surface area contributed by atoms with E-state index in [1.54, 1.807) is 35.2 Å². The van der Waals surface area contributed by atoms with Gasteiger partial charge in [0.05, 0.1) is 29.8 Å². The molecule has 1 N–H and O–H groups in total. The van der Waals surface area contributed by atoms with Crippen molar-refractivity contribution in [3.05, 3.63) is 46.6 Å². The Morgan fingerprint density at radius 3 is 2.53 bits per heavy atom. The number of aromatic nitrogens is 2. The Labute approximate surface area is 178 Å². The van der Waals surface area contributed by atoms with Crippen LogP contribution < -0.4 is 15.0 Å². The minimum absolute atomic E-state index is 0.0421. The molecule has 2 fully saturated rings. The van der Waals surface area contributed by atoms with E-state index in [2.05, 4.69) is 15.5 Å². The van der Waals surface area contributed by atoms with Gasteiger partial charge in [0.15, 0.2) is 17.3 Å². The zero-order valence-electron chi connectivity index (χ0n) is 16.2. The summed E-state index contributed by atoms with van der Waals surface area (Å²) in [5, 5.41) is 20.4. The summed E-state index contributed by atoms with van der Waals surface area (Å²) in [5.74, 6) is 1.16. The largest absolute Gasteiger partial charge is 0.490 e. The van der Waals surface area contributed by atoms with Gasteiger partial charge in [0.25, 0.3) is 5.91 Å². The third-order valence-corrected chi connectivity index (χ3v) is 5.63. The summed E-state index contributed by atoms with van der Waals surface area (Å²) in [5.41, 5.74) is 0.682. The van der Waals surface area contributed by atoms with Crippen LogP contribution in [0.1, 0.15) is 41.7 Å². The van der Waals surface area contributed by atoms with E-state index in [1.165, 1.54) is 0 Å². The highest BCUT2D eigenvalue weighted by molar-refractivity contribution is 6.31. The summed E-state index contributed by atoms with van der Waals surface area (Å²) in [6.45, 7) is 0.695. The SMILES string of the molecule is N#Cc1ccc(OC2CCC(NC(=O)c3ccc(N4CC(=O)C4)nn3)CC2)cc1Cl. The fraction of sp³-hybridized carbons (Fsp3) is 0.381. The molecule has 0 spiro atoms. The van der Waals surface area contributed by atoms with Gasteiger partial charge in [-0.3, -0.25) is 9.59 Å². The van der Waals surface area contributed by atoms with Crippen LogP contribution in [0.2, 0.25) is 5.02 Å². The second-order valence-electron chi connectivity index (χ2n) is 7.49. The van der Waals surface area contributed by atoms with Gasteiger partial charge in [0.1, 0.15) is 11.8 Å². The van der Waals surface area contributed by atoms with Crippen molar-refractivity contribution in [1.29, 1.82) is 5.26 Å². The van der Waals surface area contributed by atoms with Crippen LogP contribution in [0.5, 0.6) is 5.75 Å². The van der Waals surface area contributed by atoms with Crippen molar-refractivity contribution < 1.29 is 14.3 Å². The van der Waals surface area contributed by atoms with E-state index in [1.807, 2.05) is 6.07 Å². The molecule has 0 bridgehead atoms. The number of carbonyl (C=O) groups is 2. The van der Waals surface area contributed by atoms with E-state index in [-0.39, 0.29) is 29.5 Å². The smallest absolute Gasteiger partial charge is 0.272 e. The number of ketones is 1. The molecule has 1 amide bonds. The van der Waals surface area contributed by atoms with Crippen molar-refractivity contribution in [2.24, 2.45) is 0 Å². The number of benzene rings is 1. The van der Waals surface area contributed by atoms with Gasteiger partial charge in [-0.2, -0.15) is 5.26 Å². The molecule has 1 aromatic carbocycles. The lowest BCUT2D eigenvalue weighted by atomic mass is 9.93. The molecule has 0 radical (unpaired) electrons. The average Bonchev–Trinajstić information content (AvgIpc) is 2.73. The molecule has 1 saturated carbocycles. The first kappa shape index (κ1) is 20.1. The van der Waals surface area contributed by atoms with Gasteiger partial charge in [-0.1, -0.05) is 11.6 Å². The van der Waals surface area contributed by atoms with E-state index in [4.69, 9.17) is 21.6 Å². The van der Waals surface area contributed by atoms with E-state index in [0.29, 0.717) is 35.2 Å². The number of rotatable bonds is 5. The molecule has 0 unspecified atom stereocenters. The van der Waals surface area contributed by atoms with Crippen LogP contribution in [0.25, 0.3) is 0 Å². The maximum absolute atomic E-state index is 12.4. The molecule has 0 atom stereocenters. The molecule has 9 heteroatoms. The van der Waals surface area contributed by atoms with Gasteiger partial charge >= 0.3 is 0 Å². The fourth-order valence-corrected chi connectivity index (χ4v) is 3.81. The van der Waals surface area contributed by atoms with Crippen molar-refractivity contribution in [2.75, 3.05) is 18.0 Å². The summed E-state index contributed by atoms with van der Waals surface area (Å²) >= 11 is 6.05. The monoisotopic (exact) mass is 425 g/mol. The number of amides is 1. The number of anilines is 1. The first-order chi connectivity index (χ1) is 14.5. The van der Waals surface area contributed by atoms with Crippen LogP contribution in [0.3, 0.4) is 0 Å². The number of nitriles is 1. The molecule has 1 aliphatic carbocycles. The molecule has 1 saturated heterocycles. The van der Waals surface area contributed by atoms with Gasteiger partial charge < -0.3 is 15.0 Å². The summed E-state index contributed by atoms with van der Waals surface area (Å²) in [6.07, 6.45) is 3.23. The average molecular weight is 426 g/mol. The zero-order valence-corrected chi connectivity index (χ0v) is 16.9. The number of Topliss-reactive ketones (excluding diaryl/α,β-unsaturated/α-hetero) is 1. The Bertz CT molecular complexity index is 989. The molecule has 4 rings (SSSR count). The third-order valence-electron chi connectivity index (χ3n) is 5.31. The molecular formula is C21H20ClN5O3. The second kappa shape index (κ2) is 8.67. The maximum atomic E-state index is 12.4. The predicted octanol–water partition coefficient (Wildman–Crippen LogP) is 2.51. The fourth-order valence-electron chi connectivity index (χ4n) is 3.59.